The Balaban J connectivity index is 0. The summed E-state index contributed by atoms with van der Waals surface area (Å²) in [5.41, 5.74) is 0. The fourth-order valence-electron chi connectivity index (χ4n) is 0.630. The van der Waals surface area contributed by atoms with Crippen LogP contribution in [0.15, 0.2) is 11.0 Å². The van der Waals surface area contributed by atoms with Gasteiger partial charge < -0.3 is 10.1 Å². The summed E-state index contributed by atoms with van der Waals surface area (Å²) in [7, 11) is 0. The Morgan fingerprint density at radius 1 is 1.31 bits per heavy atom. The first-order chi connectivity index (χ1) is 7.56. The zero-order chi connectivity index (χ0) is 13.0. The lowest BCUT2D eigenvalue weighted by Gasteiger charge is -2.04. The summed E-state index contributed by atoms with van der Waals surface area (Å²) in [5.74, 6) is -0.346. The number of thiol groups is 1. The van der Waals surface area contributed by atoms with Crippen LogP contribution in [-0.2, 0) is 14.3 Å². The van der Waals surface area contributed by atoms with Gasteiger partial charge in [-0.2, -0.15) is 0 Å². The van der Waals surface area contributed by atoms with Crippen LogP contribution in [0.1, 0.15) is 27.7 Å². The summed E-state index contributed by atoms with van der Waals surface area (Å²) in [5, 5.41) is 2.59. The monoisotopic (exact) mass is 247 g/mol. The van der Waals surface area contributed by atoms with Gasteiger partial charge in [-0.1, -0.05) is 19.9 Å². The minimum Gasteiger partial charge on any atom is -0.364 e. The maximum atomic E-state index is 11.0. The van der Waals surface area contributed by atoms with Crippen LogP contribution in [0.25, 0.3) is 0 Å². The molecule has 0 heterocycles. The van der Waals surface area contributed by atoms with Crippen molar-refractivity contribution in [3.8, 4) is 0 Å². The van der Waals surface area contributed by atoms with Crippen LogP contribution in [0.5, 0.6) is 0 Å². The second-order valence-electron chi connectivity index (χ2n) is 2.75. The van der Waals surface area contributed by atoms with E-state index < -0.39 is 0 Å². The molecule has 94 valence electrons. The van der Waals surface area contributed by atoms with Gasteiger partial charge in [0.2, 0.25) is 5.91 Å². The van der Waals surface area contributed by atoms with Gasteiger partial charge in [0.05, 0.1) is 0 Å². The Bertz CT molecular complexity index is 239. The summed E-state index contributed by atoms with van der Waals surface area (Å²) < 4.78 is 4.82. The highest BCUT2D eigenvalue weighted by molar-refractivity contribution is 7.84. The highest BCUT2D eigenvalue weighted by Crippen LogP contribution is 1.95. The largest absolute Gasteiger partial charge is 0.364 e. The van der Waals surface area contributed by atoms with Crippen LogP contribution in [0.4, 0.5) is 0 Å². The number of carbonyl (C=O) groups excluding carboxylic acids is 2. The van der Waals surface area contributed by atoms with Crippen LogP contribution < -0.4 is 5.32 Å². The summed E-state index contributed by atoms with van der Waals surface area (Å²) >= 11 is 4.08. The molecule has 0 aromatic carbocycles. The second kappa shape index (κ2) is 12.3. The average Bonchev–Trinajstić information content (AvgIpc) is 2.28. The number of nitrogens with one attached hydrogen (secondary N) is 1. The third-order valence-corrected chi connectivity index (χ3v) is 1.75. The number of hydrogen-bond donors (Lipinski definition) is 2. The fraction of sp³-hybridized carbons (Fsp3) is 0.636. The molecular formula is C11H21NO3S. The fourth-order valence-corrected chi connectivity index (χ4v) is 0.709. The van der Waals surface area contributed by atoms with Gasteiger partial charge in [-0.15, -0.1) is 12.6 Å². The minimum atomic E-state index is -0.250. The van der Waals surface area contributed by atoms with E-state index in [4.69, 9.17) is 4.74 Å². The van der Waals surface area contributed by atoms with Crippen molar-refractivity contribution < 1.29 is 14.3 Å². The molecule has 0 aromatic heterocycles. The Hall–Kier alpha value is -0.810. The van der Waals surface area contributed by atoms with Crippen molar-refractivity contribution in [3.63, 3.8) is 0 Å². The van der Waals surface area contributed by atoms with Gasteiger partial charge in [0.25, 0.3) is 0 Å². The Morgan fingerprint density at radius 3 is 2.31 bits per heavy atom. The number of rotatable bonds is 6. The van der Waals surface area contributed by atoms with Crippen LogP contribution in [0, 0.1) is 0 Å². The normalized spacial score (nSPS) is 10.2. The van der Waals surface area contributed by atoms with Gasteiger partial charge in [0.1, 0.15) is 13.2 Å². The van der Waals surface area contributed by atoms with Gasteiger partial charge in [0.15, 0.2) is 5.78 Å². The standard InChI is InChI=1S/C9H15NO3S.C2H6/c1-3-8(14)4-10-9(12)6-13-5-7(2)11;1-2/h3,14H,4-6H2,1-2H3,(H,10,12);1-2H3/b8-3-;. The van der Waals surface area contributed by atoms with Crippen molar-refractivity contribution in [2.75, 3.05) is 19.8 Å². The molecule has 0 rings (SSSR count). The van der Waals surface area contributed by atoms with Crippen molar-refractivity contribution in [1.82, 2.24) is 5.32 Å². The molecule has 0 aliphatic heterocycles. The van der Waals surface area contributed by atoms with Crippen LogP contribution >= 0.6 is 12.6 Å². The molecule has 1 amide bonds. The van der Waals surface area contributed by atoms with E-state index >= 15 is 0 Å². The molecule has 0 aliphatic rings. The van der Waals surface area contributed by atoms with Gasteiger partial charge in [0, 0.05) is 6.54 Å². The van der Waals surface area contributed by atoms with Gasteiger partial charge >= 0.3 is 0 Å². The van der Waals surface area contributed by atoms with E-state index in [-0.39, 0.29) is 24.9 Å². The number of Topliss-reactive ketones (excluding diaryl/α,β-unsaturated/α-hetero) is 1. The molecule has 0 aromatic rings. The molecule has 5 heteroatoms. The zero-order valence-electron chi connectivity index (χ0n) is 10.4. The van der Waals surface area contributed by atoms with Crippen LogP contribution in [-0.4, -0.2) is 31.4 Å². The van der Waals surface area contributed by atoms with E-state index in [1.54, 1.807) is 6.08 Å². The maximum absolute atomic E-state index is 11.0. The van der Waals surface area contributed by atoms with Crippen molar-refractivity contribution >= 4 is 24.3 Å². The van der Waals surface area contributed by atoms with E-state index in [0.717, 1.165) is 4.91 Å². The average molecular weight is 247 g/mol. The molecule has 0 spiro atoms. The number of carbonyl (C=O) groups is 2. The van der Waals surface area contributed by atoms with E-state index in [0.29, 0.717) is 6.54 Å². The molecule has 16 heavy (non-hydrogen) atoms. The first-order valence-electron chi connectivity index (χ1n) is 5.24. The lowest BCUT2D eigenvalue weighted by molar-refractivity contribution is -0.128. The first-order valence-corrected chi connectivity index (χ1v) is 5.69. The predicted octanol–water partition coefficient (Wildman–Crippen LogP) is 1.57. The lowest BCUT2D eigenvalue weighted by atomic mass is 10.5. The van der Waals surface area contributed by atoms with Crippen molar-refractivity contribution in [2.45, 2.75) is 27.7 Å². The zero-order valence-corrected chi connectivity index (χ0v) is 11.3. The number of amides is 1. The van der Waals surface area contributed by atoms with Gasteiger partial charge in [-0.3, -0.25) is 9.59 Å². The van der Waals surface area contributed by atoms with E-state index in [1.165, 1.54) is 6.92 Å². The third kappa shape index (κ3) is 13.2. The Labute approximate surface area is 103 Å². The van der Waals surface area contributed by atoms with E-state index in [2.05, 4.69) is 17.9 Å². The quantitative estimate of drug-likeness (QED) is 0.700. The van der Waals surface area contributed by atoms with Gasteiger partial charge in [-0.05, 0) is 18.8 Å². The lowest BCUT2D eigenvalue weighted by Crippen LogP contribution is -2.29. The smallest absolute Gasteiger partial charge is 0.246 e. The van der Waals surface area contributed by atoms with Crippen molar-refractivity contribution in [1.29, 1.82) is 0 Å². The highest BCUT2D eigenvalue weighted by Gasteiger charge is 2.01. The minimum absolute atomic E-state index is 0.0230. The second-order valence-corrected chi connectivity index (χ2v) is 3.33. The van der Waals surface area contributed by atoms with E-state index in [9.17, 15) is 9.59 Å². The summed E-state index contributed by atoms with van der Waals surface area (Å²) in [6, 6.07) is 0. The number of hydrogen-bond acceptors (Lipinski definition) is 4. The Morgan fingerprint density at radius 2 is 1.88 bits per heavy atom. The summed E-state index contributed by atoms with van der Waals surface area (Å²) in [6.45, 7) is 7.52. The highest BCUT2D eigenvalue weighted by atomic mass is 32.1. The Kier molecular flexibility index (Phi) is 13.5. The maximum Gasteiger partial charge on any atom is 0.246 e. The van der Waals surface area contributed by atoms with Crippen molar-refractivity contribution in [3.05, 3.63) is 11.0 Å². The predicted molar refractivity (Wildman–Crippen MR) is 68.6 cm³/mol. The molecule has 0 bridgehead atoms. The number of ether oxygens (including phenoxy) is 1. The number of ketones is 1. The molecule has 1 N–H and O–H groups in total. The molecule has 0 saturated heterocycles. The SMILES string of the molecule is C/C=C(\S)CNC(=O)COCC(C)=O.CC. The molecule has 0 fully saturated rings. The third-order valence-electron chi connectivity index (χ3n) is 1.34. The first kappa shape index (κ1) is 17.6. The molecule has 4 nitrogen and oxygen atoms in total. The van der Waals surface area contributed by atoms with Gasteiger partial charge in [-0.25, -0.2) is 0 Å². The van der Waals surface area contributed by atoms with Crippen molar-refractivity contribution in [2.24, 2.45) is 0 Å². The van der Waals surface area contributed by atoms with Crippen LogP contribution in [0.2, 0.25) is 0 Å². The molecule has 0 saturated carbocycles. The van der Waals surface area contributed by atoms with E-state index in [1.807, 2.05) is 20.8 Å². The topological polar surface area (TPSA) is 55.4 Å². The van der Waals surface area contributed by atoms with Crippen LogP contribution in [0.3, 0.4) is 0 Å². The summed E-state index contributed by atoms with van der Waals surface area (Å²) in [6.07, 6.45) is 1.79. The number of allylic oxidation sites excluding steroid dienone is 1. The molecule has 0 radical (unpaired) electrons. The molecule has 0 atom stereocenters. The molecular weight excluding hydrogens is 226 g/mol. The molecule has 0 unspecified atom stereocenters. The summed E-state index contributed by atoms with van der Waals surface area (Å²) in [4.78, 5) is 22.3. The molecule has 0 aliphatic carbocycles.